The Labute approximate surface area is 105 Å². The molecule has 0 atom stereocenters. The maximum Gasteiger partial charge on any atom is 0.126 e. The fourth-order valence-corrected chi connectivity index (χ4v) is 1.52. The fourth-order valence-electron chi connectivity index (χ4n) is 1.52. The first-order chi connectivity index (χ1) is 7.63. The zero-order valence-electron chi connectivity index (χ0n) is 12.1. The number of nitrogens with zero attached hydrogens (tertiary/aromatic N) is 2. The molecule has 0 amide bonds. The van der Waals surface area contributed by atoms with Crippen LogP contribution in [0.25, 0.3) is 0 Å². The van der Waals surface area contributed by atoms with Crippen molar-refractivity contribution in [1.82, 2.24) is 9.88 Å². The van der Waals surface area contributed by atoms with Gasteiger partial charge in [-0.1, -0.05) is 0 Å². The molecule has 1 heterocycles. The molecule has 0 saturated heterocycles. The largest absolute Gasteiger partial charge is 0.365 e. The summed E-state index contributed by atoms with van der Waals surface area (Å²) in [6, 6.07) is 4.21. The summed E-state index contributed by atoms with van der Waals surface area (Å²) in [5.41, 5.74) is 1.31. The lowest BCUT2D eigenvalue weighted by atomic mass is 9.94. The third-order valence-electron chi connectivity index (χ3n) is 3.09. The van der Waals surface area contributed by atoms with Gasteiger partial charge >= 0.3 is 0 Å². The zero-order valence-corrected chi connectivity index (χ0v) is 12.1. The average molecular weight is 235 g/mol. The molecule has 1 aromatic rings. The van der Waals surface area contributed by atoms with Crippen molar-refractivity contribution in [1.29, 1.82) is 0 Å². The number of nitrogens with one attached hydrogen (secondary N) is 1. The van der Waals surface area contributed by atoms with E-state index < -0.39 is 0 Å². The second-order valence-corrected chi connectivity index (χ2v) is 6.26. The van der Waals surface area contributed by atoms with Gasteiger partial charge in [-0.25, -0.2) is 4.98 Å². The van der Waals surface area contributed by atoms with Gasteiger partial charge in [0.05, 0.1) is 0 Å². The molecule has 0 spiro atoms. The zero-order chi connectivity index (χ0) is 13.3. The van der Waals surface area contributed by atoms with E-state index in [0.717, 1.165) is 5.82 Å². The molecule has 0 aliphatic carbocycles. The third kappa shape index (κ3) is 3.70. The topological polar surface area (TPSA) is 28.2 Å². The Balaban J connectivity index is 3.02. The predicted molar refractivity (Wildman–Crippen MR) is 74.3 cm³/mol. The molecule has 0 saturated carbocycles. The molecule has 1 aromatic heterocycles. The molecular weight excluding hydrogens is 210 g/mol. The van der Waals surface area contributed by atoms with Crippen molar-refractivity contribution in [3.05, 3.63) is 23.9 Å². The van der Waals surface area contributed by atoms with Gasteiger partial charge in [-0.05, 0) is 66.4 Å². The summed E-state index contributed by atoms with van der Waals surface area (Å²) in [5.74, 6) is 0.935. The number of hydrogen-bond donors (Lipinski definition) is 1. The van der Waals surface area contributed by atoms with Crippen molar-refractivity contribution in [2.24, 2.45) is 0 Å². The Morgan fingerprint density at radius 3 is 2.18 bits per heavy atom. The van der Waals surface area contributed by atoms with Crippen LogP contribution in [-0.4, -0.2) is 29.5 Å². The maximum atomic E-state index is 4.37. The van der Waals surface area contributed by atoms with E-state index in [1.54, 1.807) is 0 Å². The van der Waals surface area contributed by atoms with Crippen LogP contribution in [0.15, 0.2) is 18.3 Å². The quantitative estimate of drug-likeness (QED) is 0.872. The molecule has 3 nitrogen and oxygen atoms in total. The summed E-state index contributed by atoms with van der Waals surface area (Å²) in [4.78, 5) is 6.58. The normalized spacial score (nSPS) is 12.9. The van der Waals surface area contributed by atoms with Crippen molar-refractivity contribution in [2.45, 2.75) is 45.7 Å². The molecule has 0 radical (unpaired) electrons. The Bertz CT molecular complexity index is 375. The smallest absolute Gasteiger partial charge is 0.126 e. The van der Waals surface area contributed by atoms with E-state index >= 15 is 0 Å². The Kier molecular flexibility index (Phi) is 3.82. The molecule has 96 valence electrons. The van der Waals surface area contributed by atoms with Gasteiger partial charge in [-0.15, -0.1) is 0 Å². The number of hydrogen-bond acceptors (Lipinski definition) is 3. The summed E-state index contributed by atoms with van der Waals surface area (Å²) in [6.07, 6.45) is 1.87. The van der Waals surface area contributed by atoms with E-state index in [4.69, 9.17) is 0 Å². The minimum absolute atomic E-state index is 0.0112. The monoisotopic (exact) mass is 235 g/mol. The number of aromatic nitrogens is 1. The first-order valence-electron chi connectivity index (χ1n) is 6.05. The van der Waals surface area contributed by atoms with Crippen LogP contribution in [0, 0.1) is 0 Å². The highest BCUT2D eigenvalue weighted by molar-refractivity contribution is 5.41. The van der Waals surface area contributed by atoms with Crippen molar-refractivity contribution in [3.63, 3.8) is 0 Å². The molecule has 17 heavy (non-hydrogen) atoms. The minimum Gasteiger partial charge on any atom is -0.365 e. The van der Waals surface area contributed by atoms with Crippen LogP contribution in [0.4, 0.5) is 5.82 Å². The minimum atomic E-state index is 0.0112. The van der Waals surface area contributed by atoms with E-state index in [9.17, 15) is 0 Å². The highest BCUT2D eigenvalue weighted by Crippen LogP contribution is 2.26. The van der Waals surface area contributed by atoms with Gasteiger partial charge in [0.25, 0.3) is 0 Å². The Morgan fingerprint density at radius 2 is 1.71 bits per heavy atom. The van der Waals surface area contributed by atoms with Crippen LogP contribution in [-0.2, 0) is 5.54 Å². The van der Waals surface area contributed by atoms with Gasteiger partial charge in [0, 0.05) is 17.3 Å². The molecule has 3 heteroatoms. The molecule has 0 unspecified atom stereocenters. The van der Waals surface area contributed by atoms with Crippen LogP contribution >= 0.6 is 0 Å². The summed E-state index contributed by atoms with van der Waals surface area (Å²) in [7, 11) is 4.19. The lowest BCUT2D eigenvalue weighted by molar-refractivity contribution is 0.197. The molecule has 0 bridgehead atoms. The summed E-state index contributed by atoms with van der Waals surface area (Å²) in [6.45, 7) is 10.8. The van der Waals surface area contributed by atoms with E-state index in [-0.39, 0.29) is 11.1 Å². The first kappa shape index (κ1) is 14.0. The molecule has 0 aromatic carbocycles. The van der Waals surface area contributed by atoms with Crippen molar-refractivity contribution >= 4 is 5.82 Å². The van der Waals surface area contributed by atoms with Gasteiger partial charge in [0.1, 0.15) is 5.82 Å². The van der Waals surface area contributed by atoms with Gasteiger partial charge < -0.3 is 10.2 Å². The molecule has 1 rings (SSSR count). The second-order valence-electron chi connectivity index (χ2n) is 6.26. The standard InChI is InChI=1S/C14H25N3/c1-13(2,3)16-12-10-11(8-9-15-12)14(4,5)17(6)7/h8-10H,1-7H3,(H,15,16). The van der Waals surface area contributed by atoms with E-state index in [1.165, 1.54) is 5.56 Å². The molecule has 0 aliphatic rings. The lowest BCUT2D eigenvalue weighted by Crippen LogP contribution is -2.35. The SMILES string of the molecule is CN(C)C(C)(C)c1ccnc(NC(C)(C)C)c1. The number of rotatable bonds is 3. The Hall–Kier alpha value is -1.09. The van der Waals surface area contributed by atoms with Gasteiger partial charge in [-0.3, -0.25) is 0 Å². The lowest BCUT2D eigenvalue weighted by Gasteiger charge is -2.33. The number of pyridine rings is 1. The predicted octanol–water partition coefficient (Wildman–Crippen LogP) is 3.09. The third-order valence-corrected chi connectivity index (χ3v) is 3.09. The van der Waals surface area contributed by atoms with E-state index in [2.05, 4.69) is 76.0 Å². The van der Waals surface area contributed by atoms with Gasteiger partial charge in [0.15, 0.2) is 0 Å². The van der Waals surface area contributed by atoms with Crippen molar-refractivity contribution < 1.29 is 0 Å². The maximum absolute atomic E-state index is 4.37. The molecule has 1 N–H and O–H groups in total. The van der Waals surface area contributed by atoms with Crippen molar-refractivity contribution in [3.8, 4) is 0 Å². The fraction of sp³-hybridized carbons (Fsp3) is 0.643. The van der Waals surface area contributed by atoms with E-state index in [1.807, 2.05) is 6.20 Å². The summed E-state index contributed by atoms with van der Waals surface area (Å²) in [5, 5.41) is 3.40. The van der Waals surface area contributed by atoms with Crippen LogP contribution in [0.2, 0.25) is 0 Å². The molecular formula is C14H25N3. The number of anilines is 1. The molecule has 0 fully saturated rings. The highest BCUT2D eigenvalue weighted by Gasteiger charge is 2.23. The first-order valence-corrected chi connectivity index (χ1v) is 6.05. The van der Waals surface area contributed by atoms with Gasteiger partial charge in [0.2, 0.25) is 0 Å². The Morgan fingerprint density at radius 1 is 1.12 bits per heavy atom. The van der Waals surface area contributed by atoms with E-state index in [0.29, 0.717) is 0 Å². The van der Waals surface area contributed by atoms with Crippen LogP contribution < -0.4 is 5.32 Å². The van der Waals surface area contributed by atoms with Crippen LogP contribution in [0.1, 0.15) is 40.2 Å². The molecule has 0 aliphatic heterocycles. The van der Waals surface area contributed by atoms with Crippen LogP contribution in [0.5, 0.6) is 0 Å². The van der Waals surface area contributed by atoms with Crippen molar-refractivity contribution in [2.75, 3.05) is 19.4 Å². The van der Waals surface area contributed by atoms with Gasteiger partial charge in [-0.2, -0.15) is 0 Å². The second kappa shape index (κ2) is 4.65. The highest BCUT2D eigenvalue weighted by atomic mass is 15.1. The summed E-state index contributed by atoms with van der Waals surface area (Å²) < 4.78 is 0. The summed E-state index contributed by atoms with van der Waals surface area (Å²) >= 11 is 0. The average Bonchev–Trinajstić information content (AvgIpc) is 2.15. The van der Waals surface area contributed by atoms with Crippen LogP contribution in [0.3, 0.4) is 0 Å².